The van der Waals surface area contributed by atoms with Crippen molar-refractivity contribution >= 4 is 11.6 Å². The first kappa shape index (κ1) is 19.1. The van der Waals surface area contributed by atoms with Gasteiger partial charge in [-0.1, -0.05) is 29.8 Å². The van der Waals surface area contributed by atoms with Gasteiger partial charge in [0.1, 0.15) is 0 Å². The second kappa shape index (κ2) is 8.82. The number of anilines is 1. The summed E-state index contributed by atoms with van der Waals surface area (Å²) in [5, 5.41) is 11.3. The van der Waals surface area contributed by atoms with Crippen molar-refractivity contribution in [1.82, 2.24) is 20.4 Å². The van der Waals surface area contributed by atoms with E-state index in [4.69, 9.17) is 0 Å². The maximum Gasteiger partial charge on any atom is 0.191 e. The average molecular weight is 389 g/mol. The fourth-order valence-electron chi connectivity index (χ4n) is 3.63. The molecule has 1 aliphatic heterocycles. The molecule has 0 bridgehead atoms. The molecule has 1 atom stereocenters. The Kier molecular flexibility index (Phi) is 5.79. The van der Waals surface area contributed by atoms with Gasteiger partial charge in [-0.2, -0.15) is 5.10 Å². The van der Waals surface area contributed by atoms with Gasteiger partial charge in [-0.25, -0.2) is 4.68 Å². The molecule has 2 heterocycles. The maximum absolute atomic E-state index is 4.40. The van der Waals surface area contributed by atoms with Crippen molar-refractivity contribution in [1.29, 1.82) is 0 Å². The van der Waals surface area contributed by atoms with Crippen molar-refractivity contribution in [2.75, 3.05) is 25.0 Å². The van der Waals surface area contributed by atoms with E-state index in [1.807, 2.05) is 24.0 Å². The number of aromatic nitrogens is 2. The number of rotatable bonds is 5. The summed E-state index contributed by atoms with van der Waals surface area (Å²) in [6.07, 6.45) is 4.84. The second-order valence-electron chi connectivity index (χ2n) is 7.45. The van der Waals surface area contributed by atoms with E-state index in [-0.39, 0.29) is 0 Å². The molecule has 0 amide bonds. The zero-order chi connectivity index (χ0) is 20.1. The zero-order valence-electron chi connectivity index (χ0n) is 17.0. The zero-order valence-corrected chi connectivity index (χ0v) is 17.0. The Hall–Kier alpha value is -3.28. The van der Waals surface area contributed by atoms with E-state index in [1.54, 1.807) is 6.20 Å². The van der Waals surface area contributed by atoms with Crippen LogP contribution in [0.3, 0.4) is 0 Å². The molecule has 29 heavy (non-hydrogen) atoms. The molecule has 3 aromatic rings. The van der Waals surface area contributed by atoms with Gasteiger partial charge in [0.15, 0.2) is 5.96 Å². The highest BCUT2D eigenvalue weighted by atomic mass is 15.3. The van der Waals surface area contributed by atoms with E-state index in [1.165, 1.54) is 16.8 Å². The highest BCUT2D eigenvalue weighted by molar-refractivity contribution is 5.80. The van der Waals surface area contributed by atoms with Gasteiger partial charge < -0.3 is 15.5 Å². The molecule has 0 aliphatic carbocycles. The number of guanidine groups is 1. The minimum absolute atomic E-state index is 0.393. The van der Waals surface area contributed by atoms with E-state index in [0.29, 0.717) is 6.04 Å². The summed E-state index contributed by atoms with van der Waals surface area (Å²) >= 11 is 0. The summed E-state index contributed by atoms with van der Waals surface area (Å²) in [7, 11) is 1.82. The summed E-state index contributed by atoms with van der Waals surface area (Å²) in [4.78, 5) is 6.82. The van der Waals surface area contributed by atoms with Gasteiger partial charge in [0.05, 0.1) is 5.69 Å². The lowest BCUT2D eigenvalue weighted by molar-refractivity contribution is 0.648. The Morgan fingerprint density at radius 1 is 1.10 bits per heavy atom. The first-order chi connectivity index (χ1) is 14.2. The molecule has 6 nitrogen and oxygen atoms in total. The average Bonchev–Trinajstić information content (AvgIpc) is 3.44. The standard InChI is InChI=1S/C23H28N6/c1-18-4-8-21(9-5-18)28-15-12-20(17-28)27-23(24-2)25-16-19-6-10-22(11-7-19)29-14-3-13-26-29/h3-11,13-14,20H,12,15-17H2,1-2H3,(H2,24,25,27). The SMILES string of the molecule is CN=C(NCc1ccc(-n2cccn2)cc1)NC1CCN(c2ccc(C)cc2)C1. The number of nitrogens with one attached hydrogen (secondary N) is 2. The lowest BCUT2D eigenvalue weighted by atomic mass is 10.2. The smallest absolute Gasteiger partial charge is 0.191 e. The van der Waals surface area contributed by atoms with Crippen LogP contribution in [0.25, 0.3) is 5.69 Å². The molecule has 0 radical (unpaired) electrons. The van der Waals surface area contributed by atoms with Gasteiger partial charge in [-0.05, 0) is 49.2 Å². The van der Waals surface area contributed by atoms with Crippen LogP contribution in [0.4, 0.5) is 5.69 Å². The molecule has 0 spiro atoms. The van der Waals surface area contributed by atoms with Gasteiger partial charge >= 0.3 is 0 Å². The molecule has 1 saturated heterocycles. The van der Waals surface area contributed by atoms with Gasteiger partial charge in [-0.3, -0.25) is 4.99 Å². The molecule has 1 aliphatic rings. The second-order valence-corrected chi connectivity index (χ2v) is 7.45. The van der Waals surface area contributed by atoms with Crippen LogP contribution < -0.4 is 15.5 Å². The van der Waals surface area contributed by atoms with Crippen LogP contribution in [0.5, 0.6) is 0 Å². The van der Waals surface area contributed by atoms with Crippen LogP contribution in [0.15, 0.2) is 72.0 Å². The molecule has 2 aromatic carbocycles. The quantitative estimate of drug-likeness (QED) is 0.521. The Morgan fingerprint density at radius 2 is 1.86 bits per heavy atom. The van der Waals surface area contributed by atoms with E-state index in [0.717, 1.165) is 37.7 Å². The van der Waals surface area contributed by atoms with Crippen molar-refractivity contribution < 1.29 is 0 Å². The maximum atomic E-state index is 4.40. The molecular formula is C23H28N6. The van der Waals surface area contributed by atoms with Crippen molar-refractivity contribution in [3.63, 3.8) is 0 Å². The summed E-state index contributed by atoms with van der Waals surface area (Å²) in [5.41, 5.74) is 4.85. The van der Waals surface area contributed by atoms with Gasteiger partial charge in [0, 0.05) is 50.8 Å². The molecule has 1 aromatic heterocycles. The van der Waals surface area contributed by atoms with Crippen LogP contribution in [0, 0.1) is 6.92 Å². The molecule has 6 heteroatoms. The minimum Gasteiger partial charge on any atom is -0.369 e. The van der Waals surface area contributed by atoms with E-state index < -0.39 is 0 Å². The van der Waals surface area contributed by atoms with Crippen LogP contribution in [-0.2, 0) is 6.54 Å². The largest absolute Gasteiger partial charge is 0.369 e. The third kappa shape index (κ3) is 4.77. The van der Waals surface area contributed by atoms with E-state index in [9.17, 15) is 0 Å². The first-order valence-corrected chi connectivity index (χ1v) is 10.1. The monoisotopic (exact) mass is 388 g/mol. The Bertz CT molecular complexity index is 929. The van der Waals surface area contributed by atoms with Crippen LogP contribution in [0.2, 0.25) is 0 Å². The molecule has 2 N–H and O–H groups in total. The number of aliphatic imine (C=N–C) groups is 1. The lowest BCUT2D eigenvalue weighted by Crippen LogP contribution is -2.44. The Balaban J connectivity index is 1.28. The summed E-state index contributed by atoms with van der Waals surface area (Å²) in [5.74, 6) is 0.844. The van der Waals surface area contributed by atoms with Gasteiger partial charge in [0.2, 0.25) is 0 Å². The molecular weight excluding hydrogens is 360 g/mol. The third-order valence-electron chi connectivity index (χ3n) is 5.32. The summed E-state index contributed by atoms with van der Waals surface area (Å²) < 4.78 is 1.86. The van der Waals surface area contributed by atoms with E-state index in [2.05, 4.69) is 81.1 Å². The number of benzene rings is 2. The molecule has 150 valence electrons. The molecule has 1 unspecified atom stereocenters. The van der Waals surface area contributed by atoms with E-state index >= 15 is 0 Å². The van der Waals surface area contributed by atoms with Crippen molar-refractivity contribution in [3.05, 3.63) is 78.1 Å². The highest BCUT2D eigenvalue weighted by Crippen LogP contribution is 2.20. The number of hydrogen-bond donors (Lipinski definition) is 2. The fourth-order valence-corrected chi connectivity index (χ4v) is 3.63. The predicted molar refractivity (Wildman–Crippen MR) is 119 cm³/mol. The predicted octanol–water partition coefficient (Wildman–Crippen LogP) is 3.12. The number of hydrogen-bond acceptors (Lipinski definition) is 3. The Morgan fingerprint density at radius 3 is 2.55 bits per heavy atom. The minimum atomic E-state index is 0.393. The molecule has 1 fully saturated rings. The summed E-state index contributed by atoms with van der Waals surface area (Å²) in [6.45, 7) is 4.90. The fraction of sp³-hybridized carbons (Fsp3) is 0.304. The number of nitrogens with zero attached hydrogens (tertiary/aromatic N) is 4. The highest BCUT2D eigenvalue weighted by Gasteiger charge is 2.23. The van der Waals surface area contributed by atoms with Crippen LogP contribution in [0.1, 0.15) is 17.5 Å². The van der Waals surface area contributed by atoms with Crippen molar-refractivity contribution in [2.45, 2.75) is 25.9 Å². The van der Waals surface area contributed by atoms with Crippen LogP contribution in [-0.4, -0.2) is 41.9 Å². The van der Waals surface area contributed by atoms with Crippen molar-refractivity contribution in [3.8, 4) is 5.69 Å². The van der Waals surface area contributed by atoms with Gasteiger partial charge in [0.25, 0.3) is 0 Å². The molecule has 4 rings (SSSR count). The topological polar surface area (TPSA) is 57.5 Å². The van der Waals surface area contributed by atoms with Crippen molar-refractivity contribution in [2.24, 2.45) is 4.99 Å². The first-order valence-electron chi connectivity index (χ1n) is 10.1. The summed E-state index contributed by atoms with van der Waals surface area (Å²) in [6, 6.07) is 19.5. The van der Waals surface area contributed by atoms with Crippen LogP contribution >= 0.6 is 0 Å². The Labute approximate surface area is 172 Å². The number of aryl methyl sites for hydroxylation is 1. The normalized spacial score (nSPS) is 16.8. The van der Waals surface area contributed by atoms with Gasteiger partial charge in [-0.15, -0.1) is 0 Å². The molecule has 0 saturated carbocycles. The third-order valence-corrected chi connectivity index (χ3v) is 5.32. The lowest BCUT2D eigenvalue weighted by Gasteiger charge is -2.20.